The molecule has 28 heavy (non-hydrogen) atoms. The van der Waals surface area contributed by atoms with Gasteiger partial charge in [0, 0.05) is 36.7 Å². The number of hydrogen-bond donors (Lipinski definition) is 2. The lowest BCUT2D eigenvalue weighted by Gasteiger charge is -2.30. The number of carbonyl (C=O) groups is 2. The first-order valence-electron chi connectivity index (χ1n) is 8.72. The van der Waals surface area contributed by atoms with Crippen molar-refractivity contribution in [2.24, 2.45) is 18.7 Å². The summed E-state index contributed by atoms with van der Waals surface area (Å²) in [5.74, 6) is -1.08. The first-order chi connectivity index (χ1) is 13.2. The highest BCUT2D eigenvalue weighted by Crippen LogP contribution is 2.27. The predicted molar refractivity (Wildman–Crippen MR) is 108 cm³/mol. The zero-order valence-electron chi connectivity index (χ0n) is 15.3. The number of halogens is 1. The van der Waals surface area contributed by atoms with E-state index in [4.69, 9.17) is 5.73 Å². The standard InChI is InChI=1S/C18H21BrN4O4S/c1-22-11-13(10-16(22)17(20)24)28(26,27)23-8-6-12(7-9-23)18(25)21-15-5-3-2-4-14(15)19/h2-5,10-12H,6-9H2,1H3,(H2,20,24)(H,21,25). The van der Waals surface area contributed by atoms with E-state index in [1.807, 2.05) is 18.2 Å². The van der Waals surface area contributed by atoms with Crippen LogP contribution in [0.1, 0.15) is 23.3 Å². The number of rotatable bonds is 5. The van der Waals surface area contributed by atoms with Crippen LogP contribution in [0.4, 0.5) is 5.69 Å². The van der Waals surface area contributed by atoms with Gasteiger partial charge >= 0.3 is 0 Å². The van der Waals surface area contributed by atoms with Gasteiger partial charge in [0.25, 0.3) is 5.91 Å². The average molecular weight is 469 g/mol. The van der Waals surface area contributed by atoms with Gasteiger partial charge in [-0.3, -0.25) is 9.59 Å². The first-order valence-corrected chi connectivity index (χ1v) is 10.9. The Balaban J connectivity index is 1.66. The minimum atomic E-state index is -3.75. The van der Waals surface area contributed by atoms with Gasteiger partial charge < -0.3 is 15.6 Å². The highest BCUT2D eigenvalue weighted by molar-refractivity contribution is 9.10. The summed E-state index contributed by atoms with van der Waals surface area (Å²) in [7, 11) is -2.18. The Morgan fingerprint density at radius 3 is 2.43 bits per heavy atom. The number of anilines is 1. The lowest BCUT2D eigenvalue weighted by atomic mass is 9.97. The summed E-state index contributed by atoms with van der Waals surface area (Å²) in [4.78, 5) is 23.9. The van der Waals surface area contributed by atoms with Gasteiger partial charge in [-0.1, -0.05) is 12.1 Å². The number of nitrogens with two attached hydrogens (primary N) is 1. The van der Waals surface area contributed by atoms with Crippen LogP contribution in [0.5, 0.6) is 0 Å². The summed E-state index contributed by atoms with van der Waals surface area (Å²) < 4.78 is 29.2. The fraction of sp³-hybridized carbons (Fsp3) is 0.333. The molecule has 0 spiro atoms. The molecule has 0 atom stereocenters. The van der Waals surface area contributed by atoms with Crippen molar-refractivity contribution in [2.45, 2.75) is 17.7 Å². The van der Waals surface area contributed by atoms with Gasteiger partial charge in [0.2, 0.25) is 15.9 Å². The van der Waals surface area contributed by atoms with E-state index in [2.05, 4.69) is 21.2 Å². The number of sulfonamides is 1. The van der Waals surface area contributed by atoms with E-state index in [1.54, 1.807) is 13.1 Å². The highest BCUT2D eigenvalue weighted by atomic mass is 79.9. The molecule has 0 unspecified atom stereocenters. The maximum absolute atomic E-state index is 12.8. The van der Waals surface area contributed by atoms with Crippen molar-refractivity contribution < 1.29 is 18.0 Å². The quantitative estimate of drug-likeness (QED) is 0.697. The third-order valence-electron chi connectivity index (χ3n) is 4.83. The van der Waals surface area contributed by atoms with Crippen LogP contribution in [0, 0.1) is 5.92 Å². The lowest BCUT2D eigenvalue weighted by Crippen LogP contribution is -2.41. The molecular weight excluding hydrogens is 448 g/mol. The normalized spacial score (nSPS) is 16.1. The maximum Gasteiger partial charge on any atom is 0.265 e. The van der Waals surface area contributed by atoms with Crippen molar-refractivity contribution >= 4 is 43.5 Å². The van der Waals surface area contributed by atoms with Gasteiger partial charge in [0.05, 0.1) is 5.69 Å². The van der Waals surface area contributed by atoms with Crippen molar-refractivity contribution in [1.29, 1.82) is 0 Å². The maximum atomic E-state index is 12.8. The number of para-hydroxylation sites is 1. The number of aryl methyl sites for hydroxylation is 1. The van der Waals surface area contributed by atoms with Crippen LogP contribution < -0.4 is 11.1 Å². The van der Waals surface area contributed by atoms with Crippen molar-refractivity contribution in [2.75, 3.05) is 18.4 Å². The van der Waals surface area contributed by atoms with E-state index in [1.165, 1.54) is 21.1 Å². The molecule has 0 radical (unpaired) electrons. The van der Waals surface area contributed by atoms with Crippen LogP contribution in [-0.4, -0.2) is 42.2 Å². The molecule has 3 N–H and O–H groups in total. The van der Waals surface area contributed by atoms with E-state index < -0.39 is 15.9 Å². The van der Waals surface area contributed by atoms with Gasteiger partial charge in [-0.25, -0.2) is 8.42 Å². The van der Waals surface area contributed by atoms with Crippen LogP contribution in [0.2, 0.25) is 0 Å². The third-order valence-corrected chi connectivity index (χ3v) is 7.38. The van der Waals surface area contributed by atoms with Crippen LogP contribution >= 0.6 is 15.9 Å². The molecule has 150 valence electrons. The highest BCUT2D eigenvalue weighted by Gasteiger charge is 2.33. The molecule has 0 saturated carbocycles. The average Bonchev–Trinajstić information content (AvgIpc) is 3.06. The molecule has 1 fully saturated rings. The summed E-state index contributed by atoms with van der Waals surface area (Å²) in [5, 5.41) is 2.88. The van der Waals surface area contributed by atoms with Crippen LogP contribution in [0.3, 0.4) is 0 Å². The minimum Gasteiger partial charge on any atom is -0.364 e. The van der Waals surface area contributed by atoms with Crippen molar-refractivity contribution in [3.63, 3.8) is 0 Å². The van der Waals surface area contributed by atoms with E-state index in [0.717, 1.165) is 4.47 Å². The monoisotopic (exact) mass is 468 g/mol. The second-order valence-electron chi connectivity index (χ2n) is 6.68. The molecule has 3 rings (SSSR count). The number of amides is 2. The van der Waals surface area contributed by atoms with Gasteiger partial charge in [-0.05, 0) is 47.0 Å². The van der Waals surface area contributed by atoms with Crippen molar-refractivity contribution in [3.8, 4) is 0 Å². The largest absolute Gasteiger partial charge is 0.364 e. The fourth-order valence-electron chi connectivity index (χ4n) is 3.23. The van der Waals surface area contributed by atoms with E-state index in [0.29, 0.717) is 18.5 Å². The lowest BCUT2D eigenvalue weighted by molar-refractivity contribution is -0.120. The molecule has 1 aromatic heterocycles. The fourth-order valence-corrected chi connectivity index (χ4v) is 5.15. The van der Waals surface area contributed by atoms with Gasteiger partial charge in [0.15, 0.2) is 0 Å². The molecule has 8 nitrogen and oxygen atoms in total. The molecule has 1 aliphatic heterocycles. The van der Waals surface area contributed by atoms with Gasteiger partial charge in [0.1, 0.15) is 10.6 Å². The van der Waals surface area contributed by atoms with E-state index >= 15 is 0 Å². The number of aromatic nitrogens is 1. The number of hydrogen-bond acceptors (Lipinski definition) is 4. The number of piperidine rings is 1. The summed E-state index contributed by atoms with van der Waals surface area (Å²) in [6.07, 6.45) is 2.22. The summed E-state index contributed by atoms with van der Waals surface area (Å²) in [6, 6.07) is 8.60. The number of carbonyl (C=O) groups excluding carboxylic acids is 2. The van der Waals surface area contributed by atoms with Crippen molar-refractivity contribution in [1.82, 2.24) is 8.87 Å². The van der Waals surface area contributed by atoms with Crippen LogP contribution in [-0.2, 0) is 21.9 Å². The summed E-state index contributed by atoms with van der Waals surface area (Å²) in [6.45, 7) is 0.467. The SMILES string of the molecule is Cn1cc(S(=O)(=O)N2CCC(C(=O)Nc3ccccc3Br)CC2)cc1C(N)=O. The van der Waals surface area contributed by atoms with Crippen LogP contribution in [0.15, 0.2) is 45.9 Å². The van der Waals surface area contributed by atoms with Gasteiger partial charge in [-0.2, -0.15) is 4.31 Å². The molecule has 0 bridgehead atoms. The number of primary amides is 1. The number of benzene rings is 1. The Bertz CT molecular complexity index is 1010. The Kier molecular flexibility index (Phi) is 5.92. The Hall–Kier alpha value is -2.17. The second kappa shape index (κ2) is 8.06. The van der Waals surface area contributed by atoms with E-state index in [9.17, 15) is 18.0 Å². The number of nitrogens with zero attached hydrogens (tertiary/aromatic N) is 2. The molecule has 1 aliphatic rings. The number of nitrogens with one attached hydrogen (secondary N) is 1. The smallest absolute Gasteiger partial charge is 0.265 e. The molecule has 1 saturated heterocycles. The molecular formula is C18H21BrN4O4S. The van der Waals surface area contributed by atoms with Crippen LogP contribution in [0.25, 0.3) is 0 Å². The molecule has 2 heterocycles. The Morgan fingerprint density at radius 2 is 1.86 bits per heavy atom. The molecule has 2 amide bonds. The molecule has 10 heteroatoms. The Labute approximate surface area is 171 Å². The minimum absolute atomic E-state index is 0.0277. The first kappa shape index (κ1) is 20.6. The summed E-state index contributed by atoms with van der Waals surface area (Å²) in [5.41, 5.74) is 6.07. The zero-order valence-corrected chi connectivity index (χ0v) is 17.7. The topological polar surface area (TPSA) is 114 Å². The summed E-state index contributed by atoms with van der Waals surface area (Å²) >= 11 is 3.39. The predicted octanol–water partition coefficient (Wildman–Crippen LogP) is 1.93. The van der Waals surface area contributed by atoms with Crippen molar-refractivity contribution in [3.05, 3.63) is 46.7 Å². The molecule has 2 aromatic rings. The Morgan fingerprint density at radius 1 is 1.21 bits per heavy atom. The van der Waals surface area contributed by atoms with Gasteiger partial charge in [-0.15, -0.1) is 0 Å². The second-order valence-corrected chi connectivity index (χ2v) is 9.48. The third kappa shape index (κ3) is 4.13. The molecule has 0 aliphatic carbocycles. The zero-order chi connectivity index (χ0) is 20.5. The van der Waals surface area contributed by atoms with E-state index in [-0.39, 0.29) is 35.5 Å². The molecule has 1 aromatic carbocycles.